The van der Waals surface area contributed by atoms with Gasteiger partial charge in [-0.25, -0.2) is 4.98 Å². The van der Waals surface area contributed by atoms with Crippen molar-refractivity contribution in [2.45, 2.75) is 52.1 Å². The van der Waals surface area contributed by atoms with Crippen LogP contribution in [0.5, 0.6) is 0 Å². The molecule has 5 heteroatoms. The lowest BCUT2D eigenvalue weighted by atomic mass is 10.0. The number of aromatic nitrogens is 1. The van der Waals surface area contributed by atoms with E-state index >= 15 is 0 Å². The SMILES string of the molecule is Cc1ccc2nc(N(CC3CCCO3)C(=O)Cc3ccc(C(C)C)cc3)sc2c1. The van der Waals surface area contributed by atoms with Gasteiger partial charge in [-0.05, 0) is 54.5 Å². The number of hydrogen-bond donors (Lipinski definition) is 0. The number of hydrogen-bond acceptors (Lipinski definition) is 4. The molecule has 2 aromatic carbocycles. The summed E-state index contributed by atoms with van der Waals surface area (Å²) in [7, 11) is 0. The molecule has 0 radical (unpaired) electrons. The Morgan fingerprint density at radius 3 is 2.72 bits per heavy atom. The van der Waals surface area contributed by atoms with E-state index in [0.717, 1.165) is 40.4 Å². The van der Waals surface area contributed by atoms with Gasteiger partial charge in [0.25, 0.3) is 0 Å². The molecule has 152 valence electrons. The van der Waals surface area contributed by atoms with E-state index in [-0.39, 0.29) is 12.0 Å². The fourth-order valence-corrected chi connectivity index (χ4v) is 4.79. The third-order valence-corrected chi connectivity index (χ3v) is 6.52. The van der Waals surface area contributed by atoms with Crippen LogP contribution < -0.4 is 4.90 Å². The molecule has 1 saturated heterocycles. The summed E-state index contributed by atoms with van der Waals surface area (Å²) >= 11 is 1.59. The van der Waals surface area contributed by atoms with Gasteiger partial charge < -0.3 is 4.74 Å². The minimum Gasteiger partial charge on any atom is -0.376 e. The summed E-state index contributed by atoms with van der Waals surface area (Å²) in [4.78, 5) is 19.9. The molecular weight excluding hydrogens is 380 g/mol. The topological polar surface area (TPSA) is 42.4 Å². The van der Waals surface area contributed by atoms with Crippen LogP contribution in [-0.2, 0) is 16.0 Å². The molecule has 0 saturated carbocycles. The lowest BCUT2D eigenvalue weighted by Gasteiger charge is -2.23. The van der Waals surface area contributed by atoms with Crippen LogP contribution in [0, 0.1) is 6.92 Å². The molecule has 29 heavy (non-hydrogen) atoms. The zero-order valence-corrected chi connectivity index (χ0v) is 18.2. The lowest BCUT2D eigenvalue weighted by molar-refractivity contribution is -0.118. The summed E-state index contributed by atoms with van der Waals surface area (Å²) in [5, 5.41) is 0.768. The molecule has 1 aliphatic rings. The van der Waals surface area contributed by atoms with Gasteiger partial charge in [0.1, 0.15) is 0 Å². The summed E-state index contributed by atoms with van der Waals surface area (Å²) in [5.41, 5.74) is 4.48. The van der Waals surface area contributed by atoms with E-state index in [9.17, 15) is 4.79 Å². The van der Waals surface area contributed by atoms with Gasteiger partial charge in [0.2, 0.25) is 5.91 Å². The Hall–Kier alpha value is -2.24. The van der Waals surface area contributed by atoms with Gasteiger partial charge in [0.05, 0.1) is 29.3 Å². The second-order valence-corrected chi connectivity index (χ2v) is 9.19. The van der Waals surface area contributed by atoms with Crippen molar-refractivity contribution in [1.29, 1.82) is 0 Å². The van der Waals surface area contributed by atoms with E-state index < -0.39 is 0 Å². The molecule has 3 aromatic rings. The first-order valence-electron chi connectivity index (χ1n) is 10.4. The Morgan fingerprint density at radius 1 is 1.24 bits per heavy atom. The fourth-order valence-electron chi connectivity index (χ4n) is 3.70. The quantitative estimate of drug-likeness (QED) is 0.542. The van der Waals surface area contributed by atoms with Crippen molar-refractivity contribution in [3.8, 4) is 0 Å². The average Bonchev–Trinajstić information content (AvgIpc) is 3.35. The summed E-state index contributed by atoms with van der Waals surface area (Å²) < 4.78 is 6.94. The Labute approximate surface area is 176 Å². The van der Waals surface area contributed by atoms with E-state index in [1.54, 1.807) is 11.3 Å². The highest BCUT2D eigenvalue weighted by molar-refractivity contribution is 7.22. The molecule has 0 bridgehead atoms. The number of thiazole rings is 1. The normalized spacial score (nSPS) is 16.6. The molecule has 0 aliphatic carbocycles. The van der Waals surface area contributed by atoms with Crippen LogP contribution in [0.4, 0.5) is 5.13 Å². The van der Waals surface area contributed by atoms with Crippen molar-refractivity contribution in [2.24, 2.45) is 0 Å². The predicted molar refractivity (Wildman–Crippen MR) is 120 cm³/mol. The molecule has 0 N–H and O–H groups in total. The van der Waals surface area contributed by atoms with Crippen molar-refractivity contribution in [2.75, 3.05) is 18.1 Å². The number of rotatable bonds is 6. The van der Waals surface area contributed by atoms with Gasteiger partial charge in [0, 0.05) is 6.61 Å². The van der Waals surface area contributed by atoms with Crippen LogP contribution in [-0.4, -0.2) is 30.1 Å². The van der Waals surface area contributed by atoms with Gasteiger partial charge in [-0.15, -0.1) is 0 Å². The number of amides is 1. The molecule has 1 aromatic heterocycles. The lowest BCUT2D eigenvalue weighted by Crippen LogP contribution is -2.38. The molecular formula is C24H28N2O2S. The first-order valence-corrected chi connectivity index (χ1v) is 11.2. The van der Waals surface area contributed by atoms with E-state index in [1.165, 1.54) is 11.1 Å². The van der Waals surface area contributed by atoms with Crippen LogP contribution in [0.2, 0.25) is 0 Å². The molecule has 2 heterocycles. The Bertz CT molecular complexity index is 988. The van der Waals surface area contributed by atoms with E-state index in [2.05, 4.69) is 57.2 Å². The molecule has 4 rings (SSSR count). The number of carbonyl (C=O) groups is 1. The zero-order chi connectivity index (χ0) is 20.4. The number of carbonyl (C=O) groups excluding carboxylic acids is 1. The summed E-state index contributed by atoms with van der Waals surface area (Å²) in [6.07, 6.45) is 2.52. The largest absolute Gasteiger partial charge is 0.376 e. The van der Waals surface area contributed by atoms with Crippen molar-refractivity contribution in [1.82, 2.24) is 4.98 Å². The number of nitrogens with zero attached hydrogens (tertiary/aromatic N) is 2. The van der Waals surface area contributed by atoms with Crippen LogP contribution in [0.15, 0.2) is 42.5 Å². The van der Waals surface area contributed by atoms with Crippen molar-refractivity contribution < 1.29 is 9.53 Å². The smallest absolute Gasteiger partial charge is 0.233 e. The monoisotopic (exact) mass is 408 g/mol. The first-order chi connectivity index (χ1) is 14.0. The van der Waals surface area contributed by atoms with Crippen molar-refractivity contribution in [3.63, 3.8) is 0 Å². The fraction of sp³-hybridized carbons (Fsp3) is 0.417. The number of ether oxygens (including phenoxy) is 1. The summed E-state index contributed by atoms with van der Waals surface area (Å²) in [6.45, 7) is 7.79. The number of fused-ring (bicyclic) bond motifs is 1. The van der Waals surface area contributed by atoms with Crippen molar-refractivity contribution in [3.05, 3.63) is 59.2 Å². The molecule has 0 spiro atoms. The summed E-state index contributed by atoms with van der Waals surface area (Å²) in [5.74, 6) is 0.565. The van der Waals surface area contributed by atoms with E-state index in [4.69, 9.17) is 9.72 Å². The average molecular weight is 409 g/mol. The van der Waals surface area contributed by atoms with Crippen LogP contribution in [0.25, 0.3) is 10.2 Å². The second-order valence-electron chi connectivity index (χ2n) is 8.18. The van der Waals surface area contributed by atoms with E-state index in [1.807, 2.05) is 11.0 Å². The maximum atomic E-state index is 13.3. The third-order valence-electron chi connectivity index (χ3n) is 5.48. The van der Waals surface area contributed by atoms with Gasteiger partial charge in [-0.2, -0.15) is 0 Å². The second kappa shape index (κ2) is 8.64. The van der Waals surface area contributed by atoms with E-state index in [0.29, 0.717) is 18.9 Å². The van der Waals surface area contributed by atoms with Gasteiger partial charge in [-0.3, -0.25) is 9.69 Å². The summed E-state index contributed by atoms with van der Waals surface area (Å²) in [6, 6.07) is 14.6. The van der Waals surface area contributed by atoms with Gasteiger partial charge in [0.15, 0.2) is 5.13 Å². The number of aryl methyl sites for hydroxylation is 1. The number of benzene rings is 2. The van der Waals surface area contributed by atoms with Crippen LogP contribution in [0.1, 0.15) is 49.3 Å². The third kappa shape index (κ3) is 4.68. The maximum Gasteiger partial charge on any atom is 0.233 e. The molecule has 1 fully saturated rings. The molecule has 1 unspecified atom stereocenters. The highest BCUT2D eigenvalue weighted by Crippen LogP contribution is 2.31. The molecule has 1 atom stereocenters. The zero-order valence-electron chi connectivity index (χ0n) is 17.4. The Morgan fingerprint density at radius 2 is 2.03 bits per heavy atom. The standard InChI is InChI=1S/C24H28N2O2S/c1-16(2)19-9-7-18(8-10-19)14-23(27)26(15-20-5-4-12-28-20)24-25-21-11-6-17(3)13-22(21)29-24/h6-11,13,16,20H,4-5,12,14-15H2,1-3H3. The molecule has 1 aliphatic heterocycles. The predicted octanol–water partition coefficient (Wildman–Crippen LogP) is 5.48. The Balaban J connectivity index is 1.59. The molecule has 1 amide bonds. The highest BCUT2D eigenvalue weighted by Gasteiger charge is 2.26. The molecule has 4 nitrogen and oxygen atoms in total. The van der Waals surface area contributed by atoms with Crippen LogP contribution in [0.3, 0.4) is 0 Å². The minimum atomic E-state index is 0.0774. The highest BCUT2D eigenvalue weighted by atomic mass is 32.1. The van der Waals surface area contributed by atoms with Crippen LogP contribution >= 0.6 is 11.3 Å². The van der Waals surface area contributed by atoms with Gasteiger partial charge >= 0.3 is 0 Å². The Kier molecular flexibility index (Phi) is 5.97. The number of anilines is 1. The van der Waals surface area contributed by atoms with Gasteiger partial charge in [-0.1, -0.05) is 55.5 Å². The first kappa shape index (κ1) is 20.0. The van der Waals surface area contributed by atoms with Crippen molar-refractivity contribution >= 4 is 32.6 Å². The maximum absolute atomic E-state index is 13.3. The minimum absolute atomic E-state index is 0.0774.